The summed E-state index contributed by atoms with van der Waals surface area (Å²) in [6.45, 7) is 2.94. The predicted molar refractivity (Wildman–Crippen MR) is 76.6 cm³/mol. The molecule has 1 aliphatic rings. The van der Waals surface area contributed by atoms with Gasteiger partial charge < -0.3 is 10.0 Å². The zero-order valence-electron chi connectivity index (χ0n) is 12.1. The Hall–Kier alpha value is -1.91. The van der Waals surface area contributed by atoms with Crippen molar-refractivity contribution in [3.05, 3.63) is 35.1 Å². The topological polar surface area (TPSA) is 57.6 Å². The van der Waals surface area contributed by atoms with Crippen LogP contribution in [0.4, 0.5) is 4.39 Å². The van der Waals surface area contributed by atoms with Crippen molar-refractivity contribution in [3.63, 3.8) is 0 Å². The number of carboxylic acid groups (broad SMARTS) is 1. The first-order valence-corrected chi connectivity index (χ1v) is 7.24. The van der Waals surface area contributed by atoms with Crippen LogP contribution in [0.1, 0.15) is 41.6 Å². The Balaban J connectivity index is 2.05. The van der Waals surface area contributed by atoms with Gasteiger partial charge in [0.2, 0.25) is 0 Å². The molecular formula is C16H20FNO3. The number of halogens is 1. The number of piperidine rings is 1. The van der Waals surface area contributed by atoms with E-state index in [1.54, 1.807) is 17.0 Å². The van der Waals surface area contributed by atoms with Crippen LogP contribution in [-0.4, -0.2) is 35.0 Å². The summed E-state index contributed by atoms with van der Waals surface area (Å²) in [5, 5.41) is 8.73. The Kier molecular flexibility index (Phi) is 4.94. The summed E-state index contributed by atoms with van der Waals surface area (Å²) in [4.78, 5) is 24.7. The molecule has 21 heavy (non-hydrogen) atoms. The minimum atomic E-state index is -0.817. The largest absolute Gasteiger partial charge is 0.481 e. The van der Waals surface area contributed by atoms with Crippen LogP contribution in [0, 0.1) is 18.7 Å². The Labute approximate surface area is 123 Å². The van der Waals surface area contributed by atoms with Crippen LogP contribution in [0.3, 0.4) is 0 Å². The van der Waals surface area contributed by atoms with E-state index in [2.05, 4.69) is 0 Å². The van der Waals surface area contributed by atoms with Gasteiger partial charge in [0.25, 0.3) is 5.91 Å². The van der Waals surface area contributed by atoms with Crippen molar-refractivity contribution in [1.82, 2.24) is 4.90 Å². The van der Waals surface area contributed by atoms with Crippen molar-refractivity contribution in [2.45, 2.75) is 32.6 Å². The molecule has 0 radical (unpaired) electrons. The highest BCUT2D eigenvalue weighted by atomic mass is 19.1. The number of amides is 1. The molecule has 1 atom stereocenters. The summed E-state index contributed by atoms with van der Waals surface area (Å²) in [5.74, 6) is -1.43. The number of rotatable bonds is 4. The zero-order valence-corrected chi connectivity index (χ0v) is 12.1. The lowest BCUT2D eigenvalue weighted by atomic mass is 9.93. The first-order valence-electron chi connectivity index (χ1n) is 7.24. The van der Waals surface area contributed by atoms with Crippen molar-refractivity contribution >= 4 is 11.9 Å². The van der Waals surface area contributed by atoms with Crippen molar-refractivity contribution < 1.29 is 19.1 Å². The van der Waals surface area contributed by atoms with E-state index < -0.39 is 11.8 Å². The van der Waals surface area contributed by atoms with Gasteiger partial charge in [0.15, 0.2) is 0 Å². The molecule has 1 amide bonds. The summed E-state index contributed by atoms with van der Waals surface area (Å²) in [5.41, 5.74) is 0.952. The lowest BCUT2D eigenvalue weighted by Crippen LogP contribution is -2.40. The molecule has 1 N–H and O–H groups in total. The van der Waals surface area contributed by atoms with E-state index in [4.69, 9.17) is 5.11 Å². The van der Waals surface area contributed by atoms with Gasteiger partial charge in [-0.05, 0) is 44.2 Å². The van der Waals surface area contributed by atoms with Crippen LogP contribution >= 0.6 is 0 Å². The fraction of sp³-hybridized carbons (Fsp3) is 0.500. The van der Waals surface area contributed by atoms with Gasteiger partial charge >= 0.3 is 5.97 Å². The SMILES string of the molecule is Cc1ccc(F)c(C(=O)N2CCC[C@H](CCC(=O)O)C2)c1. The summed E-state index contributed by atoms with van der Waals surface area (Å²) < 4.78 is 13.8. The van der Waals surface area contributed by atoms with Crippen LogP contribution in [0.25, 0.3) is 0 Å². The number of aliphatic carboxylic acids is 1. The molecule has 1 aromatic carbocycles. The fourth-order valence-corrected chi connectivity index (χ4v) is 2.79. The molecule has 4 nitrogen and oxygen atoms in total. The van der Waals surface area contributed by atoms with Gasteiger partial charge in [-0.15, -0.1) is 0 Å². The quantitative estimate of drug-likeness (QED) is 0.928. The van der Waals surface area contributed by atoms with Crippen LogP contribution in [0.15, 0.2) is 18.2 Å². The predicted octanol–water partition coefficient (Wildman–Crippen LogP) is 2.85. The Morgan fingerprint density at radius 1 is 1.43 bits per heavy atom. The molecule has 0 aliphatic carbocycles. The van der Waals surface area contributed by atoms with Crippen molar-refractivity contribution in [1.29, 1.82) is 0 Å². The highest BCUT2D eigenvalue weighted by Gasteiger charge is 2.26. The molecule has 2 rings (SSSR count). The highest BCUT2D eigenvalue weighted by Crippen LogP contribution is 2.23. The molecule has 1 aliphatic heterocycles. The van der Waals surface area contributed by atoms with Gasteiger partial charge in [-0.3, -0.25) is 9.59 Å². The Morgan fingerprint density at radius 2 is 2.19 bits per heavy atom. The van der Waals surface area contributed by atoms with E-state index in [9.17, 15) is 14.0 Å². The van der Waals surface area contributed by atoms with E-state index in [0.29, 0.717) is 19.5 Å². The molecule has 114 valence electrons. The van der Waals surface area contributed by atoms with Crippen molar-refractivity contribution in [2.75, 3.05) is 13.1 Å². The van der Waals surface area contributed by atoms with Crippen LogP contribution in [0.2, 0.25) is 0 Å². The molecular weight excluding hydrogens is 273 g/mol. The van der Waals surface area contributed by atoms with Crippen LogP contribution < -0.4 is 0 Å². The monoisotopic (exact) mass is 293 g/mol. The summed E-state index contributed by atoms with van der Waals surface area (Å²) in [7, 11) is 0. The van der Waals surface area contributed by atoms with Crippen LogP contribution in [-0.2, 0) is 4.79 Å². The molecule has 0 spiro atoms. The lowest BCUT2D eigenvalue weighted by molar-refractivity contribution is -0.137. The molecule has 1 aromatic rings. The average molecular weight is 293 g/mol. The van der Waals surface area contributed by atoms with E-state index in [-0.39, 0.29) is 23.8 Å². The van der Waals surface area contributed by atoms with Crippen molar-refractivity contribution in [3.8, 4) is 0 Å². The minimum Gasteiger partial charge on any atom is -0.481 e. The molecule has 0 saturated carbocycles. The summed E-state index contributed by atoms with van der Waals surface area (Å²) in [6.07, 6.45) is 2.44. The maximum Gasteiger partial charge on any atom is 0.303 e. The maximum atomic E-state index is 13.8. The number of likely N-dealkylation sites (tertiary alicyclic amines) is 1. The third-order valence-electron chi connectivity index (χ3n) is 3.92. The second-order valence-electron chi connectivity index (χ2n) is 5.68. The Morgan fingerprint density at radius 3 is 2.90 bits per heavy atom. The number of carbonyl (C=O) groups is 2. The third-order valence-corrected chi connectivity index (χ3v) is 3.92. The lowest BCUT2D eigenvalue weighted by Gasteiger charge is -2.32. The van der Waals surface area contributed by atoms with Gasteiger partial charge in [0, 0.05) is 19.5 Å². The maximum absolute atomic E-state index is 13.8. The zero-order chi connectivity index (χ0) is 15.4. The molecule has 0 unspecified atom stereocenters. The summed E-state index contributed by atoms with van der Waals surface area (Å²) >= 11 is 0. The number of hydrogen-bond donors (Lipinski definition) is 1. The number of nitrogens with zero attached hydrogens (tertiary/aromatic N) is 1. The minimum absolute atomic E-state index is 0.105. The van der Waals surface area contributed by atoms with Crippen molar-refractivity contribution in [2.24, 2.45) is 5.92 Å². The summed E-state index contributed by atoms with van der Waals surface area (Å²) in [6, 6.07) is 4.52. The van der Waals surface area contributed by atoms with Crippen LogP contribution in [0.5, 0.6) is 0 Å². The second kappa shape index (κ2) is 6.70. The standard InChI is InChI=1S/C16H20FNO3/c1-11-4-6-14(17)13(9-11)16(21)18-8-2-3-12(10-18)5-7-15(19)20/h4,6,9,12H,2-3,5,7-8,10H2,1H3,(H,19,20)/t12-/m1/s1. The molecule has 0 aromatic heterocycles. The second-order valence-corrected chi connectivity index (χ2v) is 5.68. The first kappa shape index (κ1) is 15.5. The van der Waals surface area contributed by atoms with Gasteiger partial charge in [0.1, 0.15) is 5.82 Å². The highest BCUT2D eigenvalue weighted by molar-refractivity contribution is 5.94. The molecule has 1 fully saturated rings. The fourth-order valence-electron chi connectivity index (χ4n) is 2.79. The van der Waals surface area contributed by atoms with E-state index >= 15 is 0 Å². The molecule has 1 saturated heterocycles. The Bertz CT molecular complexity index is 544. The first-order chi connectivity index (χ1) is 9.97. The van der Waals surface area contributed by atoms with Gasteiger partial charge in [-0.25, -0.2) is 4.39 Å². The van der Waals surface area contributed by atoms with Gasteiger partial charge in [0.05, 0.1) is 5.56 Å². The normalized spacial score (nSPS) is 18.6. The number of carboxylic acids is 1. The molecule has 0 bridgehead atoms. The third kappa shape index (κ3) is 4.03. The molecule has 5 heteroatoms. The average Bonchev–Trinajstić information content (AvgIpc) is 2.47. The van der Waals surface area contributed by atoms with Gasteiger partial charge in [-0.1, -0.05) is 11.6 Å². The van der Waals surface area contributed by atoms with Gasteiger partial charge in [-0.2, -0.15) is 0 Å². The number of carbonyl (C=O) groups excluding carboxylic acids is 1. The number of hydrogen-bond acceptors (Lipinski definition) is 2. The van der Waals surface area contributed by atoms with E-state index in [1.165, 1.54) is 6.07 Å². The number of benzene rings is 1. The molecule has 1 heterocycles. The van der Waals surface area contributed by atoms with E-state index in [1.807, 2.05) is 6.92 Å². The smallest absolute Gasteiger partial charge is 0.303 e. The van der Waals surface area contributed by atoms with E-state index in [0.717, 1.165) is 18.4 Å². The number of aryl methyl sites for hydroxylation is 1.